The van der Waals surface area contributed by atoms with Crippen LogP contribution in [0.5, 0.6) is 0 Å². The minimum atomic E-state index is -3.37. The van der Waals surface area contributed by atoms with Gasteiger partial charge in [-0.3, -0.25) is 0 Å². The van der Waals surface area contributed by atoms with E-state index in [-0.39, 0.29) is 6.04 Å². The van der Waals surface area contributed by atoms with Gasteiger partial charge in [-0.2, -0.15) is 17.0 Å². The van der Waals surface area contributed by atoms with Crippen LogP contribution in [0.3, 0.4) is 0 Å². The fourth-order valence-electron chi connectivity index (χ4n) is 2.10. The van der Waals surface area contributed by atoms with Crippen LogP contribution < -0.4 is 5.73 Å². The van der Waals surface area contributed by atoms with Crippen molar-refractivity contribution in [3.63, 3.8) is 0 Å². The summed E-state index contributed by atoms with van der Waals surface area (Å²) in [6, 6.07) is -0.0775. The molecule has 18 heavy (non-hydrogen) atoms. The number of nitrogens with two attached hydrogens (primary N) is 1. The zero-order chi connectivity index (χ0) is 13.8. The first-order valence-electron chi connectivity index (χ1n) is 6.41. The topological polar surface area (TPSA) is 66.6 Å². The Bertz CT molecular complexity index is 376. The second-order valence-electron chi connectivity index (χ2n) is 4.89. The second-order valence-corrected chi connectivity index (χ2v) is 7.29. The molecule has 1 rings (SSSR count). The quantitative estimate of drug-likeness (QED) is 0.745. The summed E-state index contributed by atoms with van der Waals surface area (Å²) in [7, 11) is -3.37. The fraction of sp³-hybridized carbons (Fsp3) is 0.909. The number of nitrogens with zero attached hydrogens (tertiary/aromatic N) is 2. The Kier molecular flexibility index (Phi) is 5.97. The first-order valence-corrected chi connectivity index (χ1v) is 8.21. The normalized spacial score (nSPS) is 18.4. The van der Waals surface area contributed by atoms with Crippen LogP contribution >= 0.6 is 12.2 Å². The lowest BCUT2D eigenvalue weighted by atomic mass is 10.2. The highest BCUT2D eigenvalue weighted by molar-refractivity contribution is 7.86. The molecule has 0 radical (unpaired) electrons. The van der Waals surface area contributed by atoms with E-state index in [4.69, 9.17) is 18.0 Å². The minimum Gasteiger partial charge on any atom is -0.393 e. The fourth-order valence-corrected chi connectivity index (χ4v) is 4.07. The number of piperidine rings is 1. The van der Waals surface area contributed by atoms with Crippen LogP contribution in [0.2, 0.25) is 0 Å². The molecule has 2 N–H and O–H groups in total. The second kappa shape index (κ2) is 6.79. The summed E-state index contributed by atoms with van der Waals surface area (Å²) in [6.07, 6.45) is 3.43. The van der Waals surface area contributed by atoms with Crippen LogP contribution in [0.1, 0.15) is 39.5 Å². The highest BCUT2D eigenvalue weighted by Crippen LogP contribution is 2.18. The molecule has 0 aliphatic carbocycles. The molecular weight excluding hydrogens is 270 g/mol. The van der Waals surface area contributed by atoms with E-state index >= 15 is 0 Å². The van der Waals surface area contributed by atoms with E-state index in [1.165, 1.54) is 4.31 Å². The summed E-state index contributed by atoms with van der Waals surface area (Å²) < 4.78 is 28.1. The van der Waals surface area contributed by atoms with Crippen molar-refractivity contribution in [2.45, 2.75) is 45.6 Å². The summed E-state index contributed by atoms with van der Waals surface area (Å²) >= 11 is 4.82. The molecule has 0 aromatic heterocycles. The monoisotopic (exact) mass is 293 g/mol. The van der Waals surface area contributed by atoms with Crippen LogP contribution in [-0.2, 0) is 10.2 Å². The molecule has 106 valence electrons. The van der Waals surface area contributed by atoms with Gasteiger partial charge >= 0.3 is 0 Å². The molecule has 0 aromatic rings. The Morgan fingerprint density at radius 3 is 2.33 bits per heavy atom. The van der Waals surface area contributed by atoms with Crippen LogP contribution in [-0.4, -0.2) is 47.7 Å². The molecule has 7 heteroatoms. The summed E-state index contributed by atoms with van der Waals surface area (Å²) in [4.78, 5) is 0.356. The molecule has 0 unspecified atom stereocenters. The van der Waals surface area contributed by atoms with E-state index in [0.717, 1.165) is 19.3 Å². The van der Waals surface area contributed by atoms with Gasteiger partial charge in [0.25, 0.3) is 10.2 Å². The molecule has 0 saturated carbocycles. The molecular formula is C11H23N3O2S2. The lowest BCUT2D eigenvalue weighted by Gasteiger charge is -2.34. The smallest absolute Gasteiger partial charge is 0.282 e. The maximum Gasteiger partial charge on any atom is 0.282 e. The van der Waals surface area contributed by atoms with Gasteiger partial charge < -0.3 is 5.73 Å². The summed E-state index contributed by atoms with van der Waals surface area (Å²) in [5.41, 5.74) is 5.46. The van der Waals surface area contributed by atoms with Crippen LogP contribution in [0.15, 0.2) is 0 Å². The molecule has 0 bridgehead atoms. The Morgan fingerprint density at radius 2 is 1.89 bits per heavy atom. The van der Waals surface area contributed by atoms with E-state index in [1.54, 1.807) is 4.31 Å². The Labute approximate surface area is 115 Å². The third-order valence-corrected chi connectivity index (χ3v) is 5.51. The molecule has 0 spiro atoms. The first kappa shape index (κ1) is 15.8. The average molecular weight is 293 g/mol. The molecule has 0 aromatic carbocycles. The number of thiocarbonyl (C=S) groups is 1. The Hall–Kier alpha value is -0.240. The average Bonchev–Trinajstić information content (AvgIpc) is 2.29. The molecule has 1 fully saturated rings. The minimum absolute atomic E-state index is 0.0775. The van der Waals surface area contributed by atoms with Crippen molar-refractivity contribution in [2.24, 2.45) is 5.73 Å². The van der Waals surface area contributed by atoms with Crippen molar-refractivity contribution in [1.82, 2.24) is 8.61 Å². The van der Waals surface area contributed by atoms with Gasteiger partial charge in [-0.15, -0.1) is 0 Å². The third kappa shape index (κ3) is 4.15. The highest BCUT2D eigenvalue weighted by Gasteiger charge is 2.31. The maximum atomic E-state index is 12.5. The van der Waals surface area contributed by atoms with E-state index < -0.39 is 10.2 Å². The first-order chi connectivity index (χ1) is 8.35. The van der Waals surface area contributed by atoms with Crippen molar-refractivity contribution < 1.29 is 8.42 Å². The number of hydrogen-bond donors (Lipinski definition) is 1. The molecule has 0 atom stereocenters. The predicted molar refractivity (Wildman–Crippen MR) is 77.6 cm³/mol. The van der Waals surface area contributed by atoms with Gasteiger partial charge in [0, 0.05) is 32.1 Å². The number of rotatable bonds is 6. The molecule has 1 saturated heterocycles. The predicted octanol–water partition coefficient (Wildman–Crippen LogP) is 1.10. The highest BCUT2D eigenvalue weighted by atomic mass is 32.2. The van der Waals surface area contributed by atoms with Gasteiger partial charge in [-0.1, -0.05) is 18.6 Å². The molecule has 1 aliphatic rings. The molecule has 1 heterocycles. The van der Waals surface area contributed by atoms with Crippen LogP contribution in [0.4, 0.5) is 0 Å². The van der Waals surface area contributed by atoms with Gasteiger partial charge in [-0.25, -0.2) is 0 Å². The number of hydrogen-bond acceptors (Lipinski definition) is 3. The molecule has 1 aliphatic heterocycles. The van der Waals surface area contributed by atoms with Crippen molar-refractivity contribution in [1.29, 1.82) is 0 Å². The van der Waals surface area contributed by atoms with Crippen LogP contribution in [0.25, 0.3) is 0 Å². The largest absolute Gasteiger partial charge is 0.393 e. The third-order valence-electron chi connectivity index (χ3n) is 3.09. The summed E-state index contributed by atoms with van der Waals surface area (Å²) in [6.45, 7) is 5.37. The van der Waals surface area contributed by atoms with Gasteiger partial charge in [0.05, 0.1) is 4.99 Å². The Morgan fingerprint density at radius 1 is 1.33 bits per heavy atom. The van der Waals surface area contributed by atoms with Crippen molar-refractivity contribution >= 4 is 27.4 Å². The summed E-state index contributed by atoms with van der Waals surface area (Å²) in [5.74, 6) is 0. The van der Waals surface area contributed by atoms with Gasteiger partial charge in [0.1, 0.15) is 0 Å². The molecule has 0 amide bonds. The lowest BCUT2D eigenvalue weighted by Crippen LogP contribution is -2.49. The maximum absolute atomic E-state index is 12.5. The van der Waals surface area contributed by atoms with E-state index in [2.05, 4.69) is 0 Å². The van der Waals surface area contributed by atoms with E-state index in [1.807, 2.05) is 13.8 Å². The van der Waals surface area contributed by atoms with Crippen molar-refractivity contribution in [3.8, 4) is 0 Å². The SMILES string of the molecule is CC(C)N(CCC(N)=S)S(=O)(=O)N1CCCCC1. The van der Waals surface area contributed by atoms with Crippen LogP contribution in [0, 0.1) is 0 Å². The standard InChI is InChI=1S/C11H23N3O2S2/c1-10(2)14(9-6-11(12)17)18(15,16)13-7-4-3-5-8-13/h10H,3-9H2,1-2H3,(H2,12,17). The van der Waals surface area contributed by atoms with Crippen molar-refractivity contribution in [2.75, 3.05) is 19.6 Å². The molecule has 5 nitrogen and oxygen atoms in total. The van der Waals surface area contributed by atoms with Gasteiger partial charge in [0.2, 0.25) is 0 Å². The van der Waals surface area contributed by atoms with Gasteiger partial charge in [-0.05, 0) is 26.7 Å². The van der Waals surface area contributed by atoms with Crippen molar-refractivity contribution in [3.05, 3.63) is 0 Å². The zero-order valence-electron chi connectivity index (χ0n) is 11.1. The van der Waals surface area contributed by atoms with E-state index in [9.17, 15) is 8.42 Å². The summed E-state index contributed by atoms with van der Waals surface area (Å²) in [5, 5.41) is 0. The Balaban J connectivity index is 2.78. The van der Waals surface area contributed by atoms with Gasteiger partial charge in [0.15, 0.2) is 0 Å². The lowest BCUT2D eigenvalue weighted by molar-refractivity contribution is 0.284. The van der Waals surface area contributed by atoms with E-state index in [0.29, 0.717) is 31.0 Å². The zero-order valence-corrected chi connectivity index (χ0v) is 12.8.